The maximum Gasteiger partial charge on any atom is 1.00 e. The number of ether oxygens (including phenoxy) is 2. The van der Waals surface area contributed by atoms with Crippen molar-refractivity contribution in [3.8, 4) is 0 Å². The molecule has 0 aliphatic carbocycles. The molecule has 0 spiro atoms. The van der Waals surface area contributed by atoms with Crippen LogP contribution < -0.4 is 51.4 Å². The van der Waals surface area contributed by atoms with Crippen molar-refractivity contribution in [1.29, 1.82) is 0 Å². The number of hydrogen-bond donors (Lipinski definition) is 0. The molecule has 0 saturated heterocycles. The molecule has 1 rings (SSSR count). The summed E-state index contributed by atoms with van der Waals surface area (Å²) < 4.78 is 46.0. The Labute approximate surface area is 431 Å². The van der Waals surface area contributed by atoms with E-state index in [-0.39, 0.29) is 75.7 Å². The van der Waals surface area contributed by atoms with Gasteiger partial charge in [-0.1, -0.05) is 230 Å². The minimum absolute atomic E-state index is 0. The molecular weight excluding hydrogens is 832 g/mol. The smallest absolute Gasteiger partial charge is 0.744 e. The Morgan fingerprint density at radius 1 is 0.413 bits per heavy atom. The number of carbonyl (C=O) groups excluding carboxylic acids is 2. The standard InChI is InChI=1S/C54H94O7S.K/c1-3-5-7-9-11-13-15-17-19-21-23-25-27-29-31-33-35-37-39-41-43-47-60-53(55)51-46-45-50(62(57,58)59)49-52(51)54(56)61-48-44-42-40-38-36-34-32-30-28-26-24-22-20-18-16-14-12-10-8-6-4-2;/h3-4,45-46,49H,1-2,5-44,47-48H2,(H,57,58,59);/q;+1/p-1. The zero-order valence-corrected chi connectivity index (χ0v) is 44.7. The Kier molecular flexibility index (Phi) is 45.7. The van der Waals surface area contributed by atoms with Crippen LogP contribution in [0.4, 0.5) is 0 Å². The molecule has 0 aromatic heterocycles. The van der Waals surface area contributed by atoms with Crippen molar-refractivity contribution in [3.05, 3.63) is 54.6 Å². The molecule has 7 nitrogen and oxygen atoms in total. The fourth-order valence-corrected chi connectivity index (χ4v) is 8.80. The Balaban J connectivity index is 0.0000384. The van der Waals surface area contributed by atoms with Crippen LogP contribution in [0.1, 0.15) is 278 Å². The van der Waals surface area contributed by atoms with Crippen LogP contribution in [0.3, 0.4) is 0 Å². The van der Waals surface area contributed by atoms with Crippen LogP contribution in [0.25, 0.3) is 0 Å². The number of allylic oxidation sites excluding steroid dienone is 2. The van der Waals surface area contributed by atoms with Crippen molar-refractivity contribution in [2.24, 2.45) is 0 Å². The predicted octanol–water partition coefficient (Wildman–Crippen LogP) is 13.9. The molecule has 0 atom stereocenters. The first-order chi connectivity index (χ1) is 30.3. The summed E-state index contributed by atoms with van der Waals surface area (Å²) >= 11 is 0. The van der Waals surface area contributed by atoms with Crippen LogP contribution in [0.15, 0.2) is 48.4 Å². The van der Waals surface area contributed by atoms with Crippen LogP contribution >= 0.6 is 0 Å². The van der Waals surface area contributed by atoms with E-state index in [1.807, 2.05) is 12.2 Å². The topological polar surface area (TPSA) is 110 Å². The van der Waals surface area contributed by atoms with Crippen molar-refractivity contribution < 1.29 is 83.4 Å². The number of esters is 2. The van der Waals surface area contributed by atoms with Gasteiger partial charge in [-0.25, -0.2) is 18.0 Å². The molecule has 358 valence electrons. The van der Waals surface area contributed by atoms with E-state index in [0.717, 1.165) is 57.1 Å². The second kappa shape index (κ2) is 46.3. The van der Waals surface area contributed by atoms with Crippen LogP contribution in [0.2, 0.25) is 0 Å². The van der Waals surface area contributed by atoms with Crippen LogP contribution in [0.5, 0.6) is 0 Å². The van der Waals surface area contributed by atoms with Gasteiger partial charge in [-0.05, 0) is 56.7 Å². The average Bonchev–Trinajstić information content (AvgIpc) is 3.26. The normalized spacial score (nSPS) is 11.3. The van der Waals surface area contributed by atoms with E-state index in [9.17, 15) is 22.6 Å². The third-order valence-corrected chi connectivity index (χ3v) is 13.1. The first-order valence-electron chi connectivity index (χ1n) is 26.0. The molecule has 0 fully saturated rings. The van der Waals surface area contributed by atoms with E-state index >= 15 is 0 Å². The summed E-state index contributed by atoms with van der Waals surface area (Å²) in [7, 11) is -4.82. The summed E-state index contributed by atoms with van der Waals surface area (Å²) in [5.41, 5.74) is -0.329. The summed E-state index contributed by atoms with van der Waals surface area (Å²) in [5.74, 6) is -1.54. The minimum atomic E-state index is -4.82. The third kappa shape index (κ3) is 38.9. The fourth-order valence-electron chi connectivity index (χ4n) is 8.30. The second-order valence-corrected chi connectivity index (χ2v) is 19.4. The predicted molar refractivity (Wildman–Crippen MR) is 260 cm³/mol. The fraction of sp³-hybridized carbons (Fsp3) is 0.778. The van der Waals surface area contributed by atoms with Crippen molar-refractivity contribution in [1.82, 2.24) is 0 Å². The van der Waals surface area contributed by atoms with E-state index in [4.69, 9.17) is 9.47 Å². The van der Waals surface area contributed by atoms with E-state index in [1.54, 1.807) is 0 Å². The van der Waals surface area contributed by atoms with Crippen LogP contribution in [0, 0.1) is 0 Å². The van der Waals surface area contributed by atoms with Gasteiger partial charge in [-0.15, -0.1) is 13.2 Å². The molecular formula is C54H93KO7S. The number of unbranched alkanes of at least 4 members (excludes halogenated alkanes) is 38. The van der Waals surface area contributed by atoms with Gasteiger partial charge in [-0.2, -0.15) is 0 Å². The molecule has 0 saturated carbocycles. The van der Waals surface area contributed by atoms with Crippen molar-refractivity contribution in [3.63, 3.8) is 0 Å². The molecule has 0 N–H and O–H groups in total. The Hall–Kier alpha value is -0.814. The Morgan fingerprint density at radius 2 is 0.651 bits per heavy atom. The first-order valence-corrected chi connectivity index (χ1v) is 27.4. The summed E-state index contributed by atoms with van der Waals surface area (Å²) in [6.07, 6.45) is 54.4. The van der Waals surface area contributed by atoms with Gasteiger partial charge >= 0.3 is 63.3 Å². The van der Waals surface area contributed by atoms with Crippen molar-refractivity contribution in [2.75, 3.05) is 13.2 Å². The molecule has 9 heteroatoms. The largest absolute Gasteiger partial charge is 1.00 e. The molecule has 0 bridgehead atoms. The average molecular weight is 925 g/mol. The van der Waals surface area contributed by atoms with Crippen molar-refractivity contribution in [2.45, 2.75) is 262 Å². The molecule has 0 amide bonds. The molecule has 0 heterocycles. The number of rotatable bonds is 47. The molecule has 0 aliphatic rings. The second-order valence-electron chi connectivity index (χ2n) is 18.0. The van der Waals surface area contributed by atoms with Crippen LogP contribution in [-0.4, -0.2) is 38.1 Å². The van der Waals surface area contributed by atoms with Gasteiger partial charge in [0.2, 0.25) is 0 Å². The zero-order valence-electron chi connectivity index (χ0n) is 40.8. The van der Waals surface area contributed by atoms with E-state index < -0.39 is 27.0 Å². The van der Waals surface area contributed by atoms with Gasteiger partial charge in [0, 0.05) is 0 Å². The first kappa shape index (κ1) is 62.2. The van der Waals surface area contributed by atoms with Gasteiger partial charge in [0.15, 0.2) is 0 Å². The van der Waals surface area contributed by atoms with Gasteiger partial charge in [-0.3, -0.25) is 0 Å². The maximum atomic E-state index is 13.0. The van der Waals surface area contributed by atoms with Gasteiger partial charge in [0.05, 0.1) is 29.2 Å². The van der Waals surface area contributed by atoms with Crippen molar-refractivity contribution >= 4 is 22.1 Å². The number of carbonyl (C=O) groups is 2. The summed E-state index contributed by atoms with van der Waals surface area (Å²) in [6, 6.07) is 3.16. The maximum absolute atomic E-state index is 13.0. The molecule has 1 aromatic rings. The zero-order chi connectivity index (χ0) is 45.0. The third-order valence-electron chi connectivity index (χ3n) is 12.3. The quantitative estimate of drug-likeness (QED) is 0.0210. The van der Waals surface area contributed by atoms with E-state index in [2.05, 4.69) is 13.2 Å². The minimum Gasteiger partial charge on any atom is -0.744 e. The molecule has 0 radical (unpaired) electrons. The van der Waals surface area contributed by atoms with E-state index in [1.165, 1.54) is 205 Å². The van der Waals surface area contributed by atoms with Gasteiger partial charge in [0.25, 0.3) is 0 Å². The Morgan fingerprint density at radius 3 is 0.905 bits per heavy atom. The van der Waals surface area contributed by atoms with E-state index in [0.29, 0.717) is 12.8 Å². The van der Waals surface area contributed by atoms with Gasteiger partial charge < -0.3 is 14.0 Å². The number of hydrogen-bond acceptors (Lipinski definition) is 7. The summed E-state index contributed by atoms with van der Waals surface area (Å²) in [6.45, 7) is 7.95. The summed E-state index contributed by atoms with van der Waals surface area (Å²) in [4.78, 5) is 25.4. The monoisotopic (exact) mass is 925 g/mol. The molecule has 0 aliphatic heterocycles. The van der Waals surface area contributed by atoms with Crippen LogP contribution in [-0.2, 0) is 19.6 Å². The summed E-state index contributed by atoms with van der Waals surface area (Å²) in [5, 5.41) is 0. The molecule has 63 heavy (non-hydrogen) atoms. The number of benzene rings is 1. The molecule has 0 unspecified atom stereocenters. The SMILES string of the molecule is C=CCCCCCCCCCCCCCCCCCCCCCOC(=O)c1ccc(S(=O)(=O)[O-])cc1C(=O)OCCCCCCCCCCCCCCCCCCCCCC=C.[K+]. The molecule has 1 aromatic carbocycles. The van der Waals surface area contributed by atoms with Gasteiger partial charge in [0.1, 0.15) is 10.1 Å². The Bertz CT molecular complexity index is 1350.